The van der Waals surface area contributed by atoms with Crippen molar-refractivity contribution in [3.05, 3.63) is 35.1 Å². The van der Waals surface area contributed by atoms with Crippen LogP contribution in [0.5, 0.6) is 5.75 Å². The van der Waals surface area contributed by atoms with E-state index in [4.69, 9.17) is 0 Å². The fourth-order valence-electron chi connectivity index (χ4n) is 1.14. The first-order chi connectivity index (χ1) is 6.27. The predicted molar refractivity (Wildman–Crippen MR) is 53.4 cm³/mol. The van der Waals surface area contributed by atoms with Crippen LogP contribution in [-0.2, 0) is 0 Å². The van der Waals surface area contributed by atoms with Crippen molar-refractivity contribution >= 4 is 15.9 Å². The lowest BCUT2D eigenvalue weighted by Crippen LogP contribution is -1.76. The summed E-state index contributed by atoms with van der Waals surface area (Å²) in [5.41, 5.74) is 1.64. The summed E-state index contributed by atoms with van der Waals surface area (Å²) in [5.74, 6) is 0.254. The van der Waals surface area contributed by atoms with E-state index < -0.39 is 0 Å². The molecule has 0 saturated heterocycles. The molecule has 0 amide bonds. The minimum Gasteiger partial charge on any atom is -0.507 e. The summed E-state index contributed by atoms with van der Waals surface area (Å²) in [6.45, 7) is 0. The van der Waals surface area contributed by atoms with Crippen molar-refractivity contribution in [3.63, 3.8) is 0 Å². The number of hydrogen-bond donors (Lipinski definition) is 2. The van der Waals surface area contributed by atoms with Crippen molar-refractivity contribution in [2.75, 3.05) is 0 Å². The smallest absolute Gasteiger partial charge is 0.123 e. The zero-order chi connectivity index (χ0) is 9.26. The Balaban J connectivity index is 2.57. The monoisotopic (exact) mass is 238 g/mol. The third-order valence-electron chi connectivity index (χ3n) is 1.77. The molecule has 2 aromatic rings. The Morgan fingerprint density at radius 3 is 2.92 bits per heavy atom. The molecule has 1 aromatic heterocycles. The number of nitrogens with zero attached hydrogens (tertiary/aromatic N) is 1. The number of rotatable bonds is 1. The number of H-pyrrole nitrogens is 1. The molecule has 1 aromatic carbocycles. The molecular formula is C9H7BrN2O. The maximum atomic E-state index is 9.54. The highest BCUT2D eigenvalue weighted by Crippen LogP contribution is 2.30. The van der Waals surface area contributed by atoms with Gasteiger partial charge in [0.1, 0.15) is 5.75 Å². The molecule has 2 rings (SSSR count). The van der Waals surface area contributed by atoms with E-state index >= 15 is 0 Å². The number of aromatic amines is 1. The molecule has 66 valence electrons. The van der Waals surface area contributed by atoms with Gasteiger partial charge in [0.15, 0.2) is 0 Å². The van der Waals surface area contributed by atoms with Crippen LogP contribution in [0.25, 0.3) is 11.1 Å². The van der Waals surface area contributed by atoms with Gasteiger partial charge in [-0.25, -0.2) is 0 Å². The van der Waals surface area contributed by atoms with Gasteiger partial charge < -0.3 is 5.11 Å². The summed E-state index contributed by atoms with van der Waals surface area (Å²) in [7, 11) is 0. The zero-order valence-electron chi connectivity index (χ0n) is 6.66. The third-order valence-corrected chi connectivity index (χ3v) is 2.26. The Morgan fingerprint density at radius 2 is 2.23 bits per heavy atom. The number of phenols is 1. The minimum atomic E-state index is 0.254. The van der Waals surface area contributed by atoms with Crippen molar-refractivity contribution in [1.82, 2.24) is 10.2 Å². The maximum absolute atomic E-state index is 9.54. The van der Waals surface area contributed by atoms with E-state index in [1.807, 2.05) is 6.07 Å². The number of benzene rings is 1. The number of hydrogen-bond acceptors (Lipinski definition) is 2. The SMILES string of the molecule is Oc1ccc(Br)cc1-c1cn[nH]c1. The summed E-state index contributed by atoms with van der Waals surface area (Å²) in [4.78, 5) is 0. The molecular weight excluding hydrogens is 232 g/mol. The average molecular weight is 239 g/mol. The molecule has 0 aliphatic carbocycles. The summed E-state index contributed by atoms with van der Waals surface area (Å²) < 4.78 is 0.932. The second-order valence-electron chi connectivity index (χ2n) is 2.65. The highest BCUT2D eigenvalue weighted by molar-refractivity contribution is 9.10. The van der Waals surface area contributed by atoms with Gasteiger partial charge in [-0.2, -0.15) is 5.10 Å². The van der Waals surface area contributed by atoms with Gasteiger partial charge in [-0.3, -0.25) is 5.10 Å². The first-order valence-corrected chi connectivity index (χ1v) is 4.54. The van der Waals surface area contributed by atoms with Crippen molar-refractivity contribution in [2.45, 2.75) is 0 Å². The molecule has 0 fully saturated rings. The van der Waals surface area contributed by atoms with E-state index in [-0.39, 0.29) is 5.75 Å². The summed E-state index contributed by atoms with van der Waals surface area (Å²) in [6, 6.07) is 5.28. The molecule has 3 nitrogen and oxygen atoms in total. The number of halogens is 1. The van der Waals surface area contributed by atoms with Crippen LogP contribution >= 0.6 is 15.9 Å². The number of nitrogens with one attached hydrogen (secondary N) is 1. The van der Waals surface area contributed by atoms with Gasteiger partial charge in [-0.05, 0) is 18.2 Å². The summed E-state index contributed by atoms with van der Waals surface area (Å²) in [5, 5.41) is 16.1. The van der Waals surface area contributed by atoms with Crippen molar-refractivity contribution in [2.24, 2.45) is 0 Å². The van der Waals surface area contributed by atoms with Crippen LogP contribution in [0.4, 0.5) is 0 Å². The molecule has 4 heteroatoms. The Hall–Kier alpha value is -1.29. The van der Waals surface area contributed by atoms with E-state index in [2.05, 4.69) is 26.1 Å². The molecule has 0 aliphatic heterocycles. The summed E-state index contributed by atoms with van der Waals surface area (Å²) >= 11 is 3.34. The molecule has 0 aliphatic rings. The van der Waals surface area contributed by atoms with Crippen molar-refractivity contribution in [1.29, 1.82) is 0 Å². The Labute approximate surface area is 83.5 Å². The van der Waals surface area contributed by atoms with Crippen LogP contribution in [0.1, 0.15) is 0 Å². The standard InChI is InChI=1S/C9H7BrN2O/c10-7-1-2-9(13)8(3-7)6-4-11-12-5-6/h1-5,13H,(H,11,12). The van der Waals surface area contributed by atoms with E-state index in [1.165, 1.54) is 0 Å². The maximum Gasteiger partial charge on any atom is 0.123 e. The fraction of sp³-hybridized carbons (Fsp3) is 0. The molecule has 0 radical (unpaired) electrons. The van der Waals surface area contributed by atoms with Gasteiger partial charge in [0.05, 0.1) is 6.20 Å². The molecule has 0 bridgehead atoms. The molecule has 0 saturated carbocycles. The van der Waals surface area contributed by atoms with Crippen molar-refractivity contribution < 1.29 is 5.11 Å². The number of aromatic hydroxyl groups is 1. The van der Waals surface area contributed by atoms with E-state index in [0.29, 0.717) is 0 Å². The lowest BCUT2D eigenvalue weighted by molar-refractivity contribution is 0.477. The van der Waals surface area contributed by atoms with Crippen LogP contribution < -0.4 is 0 Å². The summed E-state index contributed by atoms with van der Waals surface area (Å²) in [6.07, 6.45) is 3.41. The fourth-order valence-corrected chi connectivity index (χ4v) is 1.50. The second kappa shape index (κ2) is 3.22. The Morgan fingerprint density at radius 1 is 1.38 bits per heavy atom. The van der Waals surface area contributed by atoms with Gasteiger partial charge in [-0.15, -0.1) is 0 Å². The van der Waals surface area contributed by atoms with Crippen LogP contribution in [-0.4, -0.2) is 15.3 Å². The minimum absolute atomic E-state index is 0.254. The van der Waals surface area contributed by atoms with Gasteiger partial charge in [0.25, 0.3) is 0 Å². The topological polar surface area (TPSA) is 48.9 Å². The number of phenolic OH excluding ortho intramolecular Hbond substituents is 1. The molecule has 0 unspecified atom stereocenters. The Bertz CT molecular complexity index is 412. The molecule has 1 heterocycles. The van der Waals surface area contributed by atoms with E-state index in [0.717, 1.165) is 15.6 Å². The average Bonchev–Trinajstić information content (AvgIpc) is 2.61. The van der Waals surface area contributed by atoms with Gasteiger partial charge in [0, 0.05) is 21.8 Å². The van der Waals surface area contributed by atoms with E-state index in [1.54, 1.807) is 24.5 Å². The van der Waals surface area contributed by atoms with Crippen LogP contribution in [0, 0.1) is 0 Å². The van der Waals surface area contributed by atoms with E-state index in [9.17, 15) is 5.11 Å². The second-order valence-corrected chi connectivity index (χ2v) is 3.56. The molecule has 2 N–H and O–H groups in total. The van der Waals surface area contributed by atoms with Gasteiger partial charge in [0.2, 0.25) is 0 Å². The largest absolute Gasteiger partial charge is 0.507 e. The zero-order valence-corrected chi connectivity index (χ0v) is 8.25. The van der Waals surface area contributed by atoms with Gasteiger partial charge in [-0.1, -0.05) is 15.9 Å². The third kappa shape index (κ3) is 1.58. The first kappa shape index (κ1) is 8.31. The van der Waals surface area contributed by atoms with Gasteiger partial charge >= 0.3 is 0 Å². The quantitative estimate of drug-likeness (QED) is 0.803. The number of aromatic nitrogens is 2. The van der Waals surface area contributed by atoms with Crippen molar-refractivity contribution in [3.8, 4) is 16.9 Å². The Kier molecular flexibility index (Phi) is 2.06. The lowest BCUT2D eigenvalue weighted by atomic mass is 10.1. The highest BCUT2D eigenvalue weighted by atomic mass is 79.9. The van der Waals surface area contributed by atoms with Crippen LogP contribution in [0.2, 0.25) is 0 Å². The predicted octanol–water partition coefficient (Wildman–Crippen LogP) is 2.54. The lowest BCUT2D eigenvalue weighted by Gasteiger charge is -2.01. The first-order valence-electron chi connectivity index (χ1n) is 3.75. The molecule has 0 spiro atoms. The normalized spacial score (nSPS) is 10.2. The molecule has 0 atom stereocenters. The molecule has 13 heavy (non-hydrogen) atoms. The van der Waals surface area contributed by atoms with Crippen LogP contribution in [0.15, 0.2) is 35.1 Å². The highest BCUT2D eigenvalue weighted by Gasteiger charge is 2.04. The van der Waals surface area contributed by atoms with Crippen LogP contribution in [0.3, 0.4) is 0 Å².